The largest absolute Gasteiger partial charge is 0.508 e. The summed E-state index contributed by atoms with van der Waals surface area (Å²) < 4.78 is 0. The fraction of sp³-hybridized carbons (Fsp3) is 0.400. The molecule has 0 saturated carbocycles. The second kappa shape index (κ2) is 6.46. The van der Waals surface area contributed by atoms with Crippen molar-refractivity contribution in [1.82, 2.24) is 4.90 Å². The Kier molecular flexibility index (Phi) is 4.65. The molecule has 22 heavy (non-hydrogen) atoms. The minimum Gasteiger partial charge on any atom is -0.508 e. The van der Waals surface area contributed by atoms with Crippen molar-refractivity contribution in [3.63, 3.8) is 0 Å². The number of carbonyl (C=O) groups is 3. The molecule has 1 aliphatic rings. The van der Waals surface area contributed by atoms with Gasteiger partial charge in [-0.1, -0.05) is 0 Å². The van der Waals surface area contributed by atoms with E-state index in [2.05, 4.69) is 5.32 Å². The minimum atomic E-state index is -0.730. The summed E-state index contributed by atoms with van der Waals surface area (Å²) in [7, 11) is 0. The summed E-state index contributed by atoms with van der Waals surface area (Å²) in [6, 6.07) is 4.47. The van der Waals surface area contributed by atoms with E-state index in [-0.39, 0.29) is 17.6 Å². The number of phenolic OH excluding ortho intramolecular Hbond substituents is 1. The molecule has 0 aliphatic carbocycles. The number of nitrogens with two attached hydrogens (primary N) is 1. The number of primary amides is 1. The number of anilines is 1. The molecule has 0 radical (unpaired) electrons. The molecule has 4 N–H and O–H groups in total. The van der Waals surface area contributed by atoms with Crippen molar-refractivity contribution in [2.75, 3.05) is 18.4 Å². The maximum atomic E-state index is 12.1. The van der Waals surface area contributed by atoms with Gasteiger partial charge < -0.3 is 21.1 Å². The van der Waals surface area contributed by atoms with Gasteiger partial charge >= 0.3 is 11.8 Å². The maximum Gasteiger partial charge on any atom is 0.313 e. The Hall–Kier alpha value is -2.57. The monoisotopic (exact) mass is 305 g/mol. The van der Waals surface area contributed by atoms with E-state index < -0.39 is 11.8 Å². The van der Waals surface area contributed by atoms with E-state index in [0.717, 1.165) is 0 Å². The van der Waals surface area contributed by atoms with Crippen molar-refractivity contribution < 1.29 is 19.5 Å². The van der Waals surface area contributed by atoms with Crippen molar-refractivity contribution in [3.8, 4) is 5.75 Å². The van der Waals surface area contributed by atoms with Gasteiger partial charge in [-0.3, -0.25) is 14.4 Å². The number of nitrogens with zero attached hydrogens (tertiary/aromatic N) is 1. The van der Waals surface area contributed by atoms with Crippen molar-refractivity contribution in [3.05, 3.63) is 23.8 Å². The van der Waals surface area contributed by atoms with Crippen LogP contribution in [0.3, 0.4) is 0 Å². The topological polar surface area (TPSA) is 113 Å². The third kappa shape index (κ3) is 3.55. The van der Waals surface area contributed by atoms with Crippen LogP contribution in [0.4, 0.5) is 5.69 Å². The molecule has 1 fully saturated rings. The first-order chi connectivity index (χ1) is 10.4. The van der Waals surface area contributed by atoms with Gasteiger partial charge in [-0.25, -0.2) is 0 Å². The lowest BCUT2D eigenvalue weighted by Gasteiger charge is -2.30. The van der Waals surface area contributed by atoms with E-state index in [1.165, 1.54) is 23.1 Å². The van der Waals surface area contributed by atoms with Crippen LogP contribution in [-0.4, -0.2) is 40.8 Å². The van der Waals surface area contributed by atoms with Gasteiger partial charge in [0, 0.05) is 24.7 Å². The number of amides is 3. The molecule has 7 nitrogen and oxygen atoms in total. The zero-order valence-corrected chi connectivity index (χ0v) is 12.3. The number of rotatable bonds is 2. The van der Waals surface area contributed by atoms with Crippen LogP contribution in [0, 0.1) is 12.8 Å². The van der Waals surface area contributed by atoms with Crippen LogP contribution in [0.1, 0.15) is 18.4 Å². The van der Waals surface area contributed by atoms with Gasteiger partial charge in [-0.15, -0.1) is 0 Å². The summed E-state index contributed by atoms with van der Waals surface area (Å²) >= 11 is 0. The Morgan fingerprint density at radius 1 is 1.27 bits per heavy atom. The molecule has 1 aromatic rings. The molecule has 118 valence electrons. The van der Waals surface area contributed by atoms with E-state index in [4.69, 9.17) is 5.73 Å². The number of likely N-dealkylation sites (tertiary alicyclic amines) is 1. The molecule has 0 unspecified atom stereocenters. The van der Waals surface area contributed by atoms with Gasteiger partial charge in [-0.05, 0) is 43.5 Å². The van der Waals surface area contributed by atoms with Gasteiger partial charge in [0.15, 0.2) is 0 Å². The van der Waals surface area contributed by atoms with Gasteiger partial charge in [0.1, 0.15) is 5.75 Å². The number of aryl methyl sites for hydroxylation is 1. The SMILES string of the molecule is Cc1cc(O)ccc1NC(=O)C(=O)N1CCC(C(N)=O)CC1. The Morgan fingerprint density at radius 2 is 1.91 bits per heavy atom. The average Bonchev–Trinajstić information content (AvgIpc) is 2.49. The standard InChI is InChI=1S/C15H19N3O4/c1-9-8-11(19)2-3-12(9)17-14(21)15(22)18-6-4-10(5-7-18)13(16)20/h2-3,8,10,19H,4-7H2,1H3,(H2,16,20)(H,17,21). The molecule has 2 rings (SSSR count). The molecule has 1 heterocycles. The second-order valence-corrected chi connectivity index (χ2v) is 5.42. The Balaban J connectivity index is 1.95. The third-order valence-electron chi connectivity index (χ3n) is 3.84. The highest BCUT2D eigenvalue weighted by atomic mass is 16.3. The normalized spacial score (nSPS) is 15.4. The van der Waals surface area contributed by atoms with E-state index in [9.17, 15) is 19.5 Å². The van der Waals surface area contributed by atoms with Crippen LogP contribution in [-0.2, 0) is 14.4 Å². The number of benzene rings is 1. The minimum absolute atomic E-state index is 0.0929. The van der Waals surface area contributed by atoms with Crippen LogP contribution < -0.4 is 11.1 Å². The molecule has 0 spiro atoms. The number of aromatic hydroxyl groups is 1. The Bertz CT molecular complexity index is 607. The zero-order chi connectivity index (χ0) is 16.3. The molecular formula is C15H19N3O4. The predicted molar refractivity (Wildman–Crippen MR) is 80.0 cm³/mol. The number of hydrogen-bond donors (Lipinski definition) is 3. The lowest BCUT2D eigenvalue weighted by Crippen LogP contribution is -2.46. The van der Waals surface area contributed by atoms with E-state index in [1.54, 1.807) is 6.92 Å². The Morgan fingerprint density at radius 3 is 2.45 bits per heavy atom. The van der Waals surface area contributed by atoms with Crippen molar-refractivity contribution in [2.24, 2.45) is 11.7 Å². The van der Waals surface area contributed by atoms with Gasteiger partial charge in [0.2, 0.25) is 5.91 Å². The van der Waals surface area contributed by atoms with E-state index >= 15 is 0 Å². The highest BCUT2D eigenvalue weighted by Gasteiger charge is 2.29. The van der Waals surface area contributed by atoms with Crippen molar-refractivity contribution in [2.45, 2.75) is 19.8 Å². The van der Waals surface area contributed by atoms with Crippen molar-refractivity contribution >= 4 is 23.4 Å². The van der Waals surface area contributed by atoms with Crippen LogP contribution >= 0.6 is 0 Å². The van der Waals surface area contributed by atoms with E-state index in [0.29, 0.717) is 37.2 Å². The number of hydrogen-bond acceptors (Lipinski definition) is 4. The van der Waals surface area contributed by atoms with Crippen molar-refractivity contribution in [1.29, 1.82) is 0 Å². The van der Waals surface area contributed by atoms with Crippen LogP contribution in [0.15, 0.2) is 18.2 Å². The summed E-state index contributed by atoms with van der Waals surface area (Å²) in [4.78, 5) is 36.6. The average molecular weight is 305 g/mol. The summed E-state index contributed by atoms with van der Waals surface area (Å²) in [6.45, 7) is 2.40. The first-order valence-corrected chi connectivity index (χ1v) is 7.07. The van der Waals surface area contributed by atoms with Gasteiger partial charge in [0.05, 0.1) is 0 Å². The molecule has 7 heteroatoms. The Labute approximate surface area is 128 Å². The highest BCUT2D eigenvalue weighted by Crippen LogP contribution is 2.21. The zero-order valence-electron chi connectivity index (χ0n) is 12.3. The lowest BCUT2D eigenvalue weighted by atomic mass is 9.96. The maximum absolute atomic E-state index is 12.1. The molecule has 1 aliphatic heterocycles. The first-order valence-electron chi connectivity index (χ1n) is 7.07. The number of phenols is 1. The number of piperidine rings is 1. The quantitative estimate of drug-likeness (QED) is 0.541. The number of carbonyl (C=O) groups excluding carboxylic acids is 3. The molecule has 0 atom stereocenters. The number of nitrogens with one attached hydrogen (secondary N) is 1. The second-order valence-electron chi connectivity index (χ2n) is 5.42. The summed E-state index contributed by atoms with van der Waals surface area (Å²) in [5.41, 5.74) is 6.37. The molecule has 3 amide bonds. The predicted octanol–water partition coefficient (Wildman–Crippen LogP) is 0.363. The molecule has 1 aromatic carbocycles. The lowest BCUT2D eigenvalue weighted by molar-refractivity contribution is -0.144. The molecular weight excluding hydrogens is 286 g/mol. The summed E-state index contributed by atoms with van der Waals surface area (Å²) in [6.07, 6.45) is 0.958. The van der Waals surface area contributed by atoms with Crippen LogP contribution in [0.25, 0.3) is 0 Å². The van der Waals surface area contributed by atoms with E-state index in [1.807, 2.05) is 0 Å². The van der Waals surface area contributed by atoms with Crippen LogP contribution in [0.2, 0.25) is 0 Å². The fourth-order valence-electron chi connectivity index (χ4n) is 2.47. The van der Waals surface area contributed by atoms with Crippen LogP contribution in [0.5, 0.6) is 5.75 Å². The smallest absolute Gasteiger partial charge is 0.313 e. The van der Waals surface area contributed by atoms with Gasteiger partial charge in [0.25, 0.3) is 0 Å². The fourth-order valence-corrected chi connectivity index (χ4v) is 2.47. The molecule has 0 bridgehead atoms. The summed E-state index contributed by atoms with van der Waals surface area (Å²) in [5, 5.41) is 11.9. The highest BCUT2D eigenvalue weighted by molar-refractivity contribution is 6.39. The first kappa shape index (κ1) is 15.8. The molecule has 1 saturated heterocycles. The molecule has 0 aromatic heterocycles. The summed E-state index contributed by atoms with van der Waals surface area (Å²) in [5.74, 6) is -1.86. The third-order valence-corrected chi connectivity index (χ3v) is 3.84. The van der Waals surface area contributed by atoms with Gasteiger partial charge in [-0.2, -0.15) is 0 Å².